The van der Waals surface area contributed by atoms with Crippen LogP contribution in [0.25, 0.3) is 0 Å². The number of hydrogen-bond acceptors (Lipinski definition) is 5. The molecule has 27 heavy (non-hydrogen) atoms. The van der Waals surface area contributed by atoms with Crippen LogP contribution in [-0.4, -0.2) is 41.7 Å². The smallest absolute Gasteiger partial charge is 0.234 e. The maximum Gasteiger partial charge on any atom is 0.234 e. The third-order valence-electron chi connectivity index (χ3n) is 5.85. The molecule has 2 aliphatic heterocycles. The summed E-state index contributed by atoms with van der Waals surface area (Å²) in [6.45, 7) is 0.850. The summed E-state index contributed by atoms with van der Waals surface area (Å²) in [4.78, 5) is 14.7. The van der Waals surface area contributed by atoms with Crippen LogP contribution in [0.15, 0.2) is 47.1 Å². The zero-order valence-corrected chi connectivity index (χ0v) is 15.6. The molecule has 6 heteroatoms. The van der Waals surface area contributed by atoms with Crippen LogP contribution in [0.4, 0.5) is 0 Å². The van der Waals surface area contributed by atoms with Crippen LogP contribution in [0.3, 0.4) is 0 Å². The van der Waals surface area contributed by atoms with Gasteiger partial charge in [0.25, 0.3) is 0 Å². The van der Waals surface area contributed by atoms with E-state index in [1.807, 2.05) is 36.4 Å². The van der Waals surface area contributed by atoms with Gasteiger partial charge in [-0.1, -0.05) is 12.1 Å². The molecule has 2 saturated heterocycles. The number of piperidine rings is 1. The van der Waals surface area contributed by atoms with Crippen LogP contribution in [0.2, 0.25) is 0 Å². The molecule has 2 N–H and O–H groups in total. The second kappa shape index (κ2) is 7.37. The lowest BCUT2D eigenvalue weighted by molar-refractivity contribution is -0.126. The van der Waals surface area contributed by atoms with Gasteiger partial charge in [0.05, 0.1) is 19.9 Å². The van der Waals surface area contributed by atoms with E-state index in [2.05, 4.69) is 10.2 Å². The molecular weight excluding hydrogens is 344 g/mol. The Morgan fingerprint density at radius 1 is 1.30 bits per heavy atom. The lowest BCUT2D eigenvalue weighted by Crippen LogP contribution is -2.52. The van der Waals surface area contributed by atoms with Crippen molar-refractivity contribution < 1.29 is 19.1 Å². The molecule has 2 aromatic rings. The molecule has 2 unspecified atom stereocenters. The number of benzene rings is 1. The minimum atomic E-state index is -0.914. The molecule has 0 radical (unpaired) electrons. The van der Waals surface area contributed by atoms with Crippen LogP contribution < -0.4 is 10.1 Å². The van der Waals surface area contributed by atoms with Gasteiger partial charge in [-0.05, 0) is 55.5 Å². The summed E-state index contributed by atoms with van der Waals surface area (Å²) in [7, 11) is 1.63. The van der Waals surface area contributed by atoms with Crippen molar-refractivity contribution >= 4 is 5.91 Å². The highest BCUT2D eigenvalue weighted by Crippen LogP contribution is 2.45. The molecule has 2 aliphatic rings. The van der Waals surface area contributed by atoms with Crippen molar-refractivity contribution in [3.63, 3.8) is 0 Å². The number of furan rings is 1. The normalized spacial score (nSPS) is 27.5. The van der Waals surface area contributed by atoms with Crippen molar-refractivity contribution in [1.29, 1.82) is 0 Å². The summed E-state index contributed by atoms with van der Waals surface area (Å²) in [5, 5.41) is 14.0. The zero-order valence-electron chi connectivity index (χ0n) is 15.6. The Labute approximate surface area is 159 Å². The lowest BCUT2D eigenvalue weighted by atomic mass is 9.84. The SMILES string of the molecule is COc1cccc(CNC(=O)CN2C3CCC2CC(O)(c2ccco2)C3)c1. The highest BCUT2D eigenvalue weighted by atomic mass is 16.5. The number of carbonyl (C=O) groups excluding carboxylic acids is 1. The molecule has 2 fully saturated rings. The molecular formula is C21H26N2O4. The molecule has 1 aromatic heterocycles. The van der Waals surface area contributed by atoms with Gasteiger partial charge >= 0.3 is 0 Å². The average molecular weight is 370 g/mol. The van der Waals surface area contributed by atoms with Crippen LogP contribution >= 0.6 is 0 Å². The fraction of sp³-hybridized carbons (Fsp3) is 0.476. The fourth-order valence-corrected chi connectivity index (χ4v) is 4.52. The van der Waals surface area contributed by atoms with Gasteiger partial charge in [-0.25, -0.2) is 0 Å². The molecule has 0 spiro atoms. The molecule has 0 aliphatic carbocycles. The van der Waals surface area contributed by atoms with Crippen LogP contribution in [0.5, 0.6) is 5.75 Å². The number of aliphatic hydroxyl groups is 1. The summed E-state index contributed by atoms with van der Waals surface area (Å²) in [5.41, 5.74) is 0.0969. The minimum Gasteiger partial charge on any atom is -0.497 e. The molecule has 1 aromatic carbocycles. The monoisotopic (exact) mass is 370 g/mol. The predicted molar refractivity (Wildman–Crippen MR) is 100 cm³/mol. The lowest BCUT2D eigenvalue weighted by Gasteiger charge is -2.42. The number of amides is 1. The van der Waals surface area contributed by atoms with Gasteiger partial charge in [0.15, 0.2) is 0 Å². The first kappa shape index (κ1) is 18.1. The molecule has 1 amide bonds. The van der Waals surface area contributed by atoms with E-state index in [-0.39, 0.29) is 18.0 Å². The van der Waals surface area contributed by atoms with Gasteiger partial charge in [0, 0.05) is 18.6 Å². The average Bonchev–Trinajstić information content (AvgIpc) is 3.29. The Bertz CT molecular complexity index is 775. The highest BCUT2D eigenvalue weighted by Gasteiger charge is 2.49. The van der Waals surface area contributed by atoms with Crippen molar-refractivity contribution in [2.45, 2.75) is 49.9 Å². The summed E-state index contributed by atoms with van der Waals surface area (Å²) in [5.74, 6) is 1.44. The number of ether oxygens (including phenoxy) is 1. The van der Waals surface area contributed by atoms with Crippen LogP contribution in [0, 0.1) is 0 Å². The first-order valence-electron chi connectivity index (χ1n) is 9.49. The van der Waals surface area contributed by atoms with E-state index in [0.717, 1.165) is 24.2 Å². The quantitative estimate of drug-likeness (QED) is 0.817. The number of fused-ring (bicyclic) bond motifs is 2. The predicted octanol–water partition coefficient (Wildman–Crippen LogP) is 2.42. The maximum atomic E-state index is 12.5. The standard InChI is InChI=1S/C21H26N2O4/c1-26-18-5-2-4-15(10-18)13-22-20(24)14-23-16-7-8-17(23)12-21(25,11-16)19-6-3-9-27-19/h2-6,9-10,16-17,25H,7-8,11-14H2,1H3,(H,22,24). The molecule has 0 saturated carbocycles. The minimum absolute atomic E-state index is 0.0122. The molecule has 144 valence electrons. The van der Waals surface area contributed by atoms with Crippen molar-refractivity contribution in [2.24, 2.45) is 0 Å². The van der Waals surface area contributed by atoms with E-state index in [4.69, 9.17) is 9.15 Å². The van der Waals surface area contributed by atoms with Gasteiger partial charge in [0.2, 0.25) is 5.91 Å². The number of rotatable bonds is 6. The van der Waals surface area contributed by atoms with E-state index < -0.39 is 5.60 Å². The zero-order chi connectivity index (χ0) is 18.9. The van der Waals surface area contributed by atoms with Crippen molar-refractivity contribution in [1.82, 2.24) is 10.2 Å². The summed E-state index contributed by atoms with van der Waals surface area (Å²) in [6, 6.07) is 11.8. The maximum absolute atomic E-state index is 12.5. The largest absolute Gasteiger partial charge is 0.497 e. The molecule has 4 rings (SSSR count). The first-order valence-corrected chi connectivity index (χ1v) is 9.49. The summed E-state index contributed by atoms with van der Waals surface area (Å²) in [6.07, 6.45) is 4.85. The number of carbonyl (C=O) groups is 1. The third-order valence-corrected chi connectivity index (χ3v) is 5.85. The number of nitrogens with one attached hydrogen (secondary N) is 1. The number of hydrogen-bond donors (Lipinski definition) is 2. The topological polar surface area (TPSA) is 74.9 Å². The molecule has 6 nitrogen and oxygen atoms in total. The van der Waals surface area contributed by atoms with Crippen LogP contribution in [0.1, 0.15) is 37.0 Å². The third kappa shape index (κ3) is 3.73. The Hall–Kier alpha value is -2.31. The van der Waals surface area contributed by atoms with Gasteiger partial charge in [0.1, 0.15) is 17.1 Å². The number of methoxy groups -OCH3 is 1. The second-order valence-corrected chi connectivity index (χ2v) is 7.60. The Morgan fingerprint density at radius 2 is 2.07 bits per heavy atom. The molecule has 3 heterocycles. The molecule has 2 bridgehead atoms. The van der Waals surface area contributed by atoms with Gasteiger partial charge in [-0.3, -0.25) is 9.69 Å². The molecule has 2 atom stereocenters. The van der Waals surface area contributed by atoms with Gasteiger partial charge in [-0.15, -0.1) is 0 Å². The van der Waals surface area contributed by atoms with E-state index >= 15 is 0 Å². The fourth-order valence-electron chi connectivity index (χ4n) is 4.52. The van der Waals surface area contributed by atoms with E-state index in [1.165, 1.54) is 0 Å². The van der Waals surface area contributed by atoms with Crippen LogP contribution in [-0.2, 0) is 16.9 Å². The highest BCUT2D eigenvalue weighted by molar-refractivity contribution is 5.78. The summed E-state index contributed by atoms with van der Waals surface area (Å²) < 4.78 is 10.7. The first-order chi connectivity index (χ1) is 13.1. The number of nitrogens with zero attached hydrogens (tertiary/aromatic N) is 1. The van der Waals surface area contributed by atoms with Crippen molar-refractivity contribution in [3.8, 4) is 5.75 Å². The second-order valence-electron chi connectivity index (χ2n) is 7.60. The van der Waals surface area contributed by atoms with Crippen molar-refractivity contribution in [3.05, 3.63) is 54.0 Å². The Kier molecular flexibility index (Phi) is 4.93. The van der Waals surface area contributed by atoms with Gasteiger partial charge < -0.3 is 19.6 Å². The van der Waals surface area contributed by atoms with Gasteiger partial charge in [-0.2, -0.15) is 0 Å². The van der Waals surface area contributed by atoms with E-state index in [1.54, 1.807) is 13.4 Å². The van der Waals surface area contributed by atoms with Crippen molar-refractivity contribution in [2.75, 3.05) is 13.7 Å². The van der Waals surface area contributed by atoms with E-state index in [0.29, 0.717) is 31.7 Å². The Morgan fingerprint density at radius 3 is 2.74 bits per heavy atom. The Balaban J connectivity index is 1.34. The van der Waals surface area contributed by atoms with E-state index in [9.17, 15) is 9.90 Å². The summed E-state index contributed by atoms with van der Waals surface area (Å²) >= 11 is 0.